The molecule has 20 heavy (non-hydrogen) atoms. The van der Waals surface area contributed by atoms with Crippen molar-refractivity contribution in [3.05, 3.63) is 16.5 Å². The molecule has 1 aromatic rings. The summed E-state index contributed by atoms with van der Waals surface area (Å²) in [5.41, 5.74) is 6.15. The highest BCUT2D eigenvalue weighted by Crippen LogP contribution is 2.30. The second-order valence-corrected chi connectivity index (χ2v) is 7.63. The standard InChI is InChI=1S/C11H17F3N2O2S2/c1-3-4-16(7-11(12,13)14)20(17,18)10-5-8(2)9(6-15)19-10/h5H,3-4,6-7,15H2,1-2H3. The first kappa shape index (κ1) is 17.4. The average Bonchev–Trinajstić information content (AvgIpc) is 2.69. The molecule has 0 aliphatic carbocycles. The highest BCUT2D eigenvalue weighted by atomic mass is 32.2. The van der Waals surface area contributed by atoms with Crippen LogP contribution in [0.5, 0.6) is 0 Å². The molecule has 4 nitrogen and oxygen atoms in total. The van der Waals surface area contributed by atoms with E-state index in [2.05, 4.69) is 0 Å². The predicted molar refractivity (Wildman–Crippen MR) is 72.1 cm³/mol. The zero-order valence-electron chi connectivity index (χ0n) is 11.2. The summed E-state index contributed by atoms with van der Waals surface area (Å²) in [5, 5.41) is 0. The van der Waals surface area contributed by atoms with Crippen LogP contribution in [0.4, 0.5) is 13.2 Å². The third-order valence-corrected chi connectivity index (χ3v) is 6.16. The number of halogens is 3. The van der Waals surface area contributed by atoms with Crippen LogP contribution in [0, 0.1) is 6.92 Å². The number of nitrogens with two attached hydrogens (primary N) is 1. The Labute approximate surface area is 120 Å². The maximum absolute atomic E-state index is 12.5. The molecular weight excluding hydrogens is 313 g/mol. The Balaban J connectivity index is 3.15. The van der Waals surface area contributed by atoms with Crippen LogP contribution < -0.4 is 5.73 Å². The van der Waals surface area contributed by atoms with Crippen LogP contribution in [0.1, 0.15) is 23.8 Å². The summed E-state index contributed by atoms with van der Waals surface area (Å²) in [5.74, 6) is 0. The van der Waals surface area contributed by atoms with Crippen LogP contribution in [-0.2, 0) is 16.6 Å². The first-order chi connectivity index (χ1) is 9.11. The number of hydrogen-bond donors (Lipinski definition) is 1. The molecule has 9 heteroatoms. The Morgan fingerprint density at radius 1 is 1.40 bits per heavy atom. The highest BCUT2D eigenvalue weighted by molar-refractivity contribution is 7.91. The van der Waals surface area contributed by atoms with Gasteiger partial charge in [0.05, 0.1) is 0 Å². The summed E-state index contributed by atoms with van der Waals surface area (Å²) < 4.78 is 62.4. The first-order valence-corrected chi connectivity index (χ1v) is 8.23. The molecule has 0 bridgehead atoms. The fourth-order valence-electron chi connectivity index (χ4n) is 1.68. The molecule has 1 aromatic heterocycles. The van der Waals surface area contributed by atoms with E-state index in [1.165, 1.54) is 6.07 Å². The van der Waals surface area contributed by atoms with Crippen LogP contribution >= 0.6 is 11.3 Å². The van der Waals surface area contributed by atoms with Gasteiger partial charge < -0.3 is 5.73 Å². The van der Waals surface area contributed by atoms with Crippen molar-refractivity contribution in [2.24, 2.45) is 5.73 Å². The summed E-state index contributed by atoms with van der Waals surface area (Å²) in [6.07, 6.45) is -4.26. The second kappa shape index (κ2) is 6.42. The normalized spacial score (nSPS) is 13.2. The molecule has 0 aliphatic rings. The molecule has 0 saturated heterocycles. The third-order valence-electron chi connectivity index (χ3n) is 2.61. The number of thiophene rings is 1. The number of alkyl halides is 3. The van der Waals surface area contributed by atoms with Gasteiger partial charge in [0.2, 0.25) is 0 Å². The topological polar surface area (TPSA) is 63.4 Å². The molecule has 0 aromatic carbocycles. The van der Waals surface area contributed by atoms with Gasteiger partial charge >= 0.3 is 6.18 Å². The van der Waals surface area contributed by atoms with Crippen molar-refractivity contribution >= 4 is 21.4 Å². The maximum atomic E-state index is 12.5. The van der Waals surface area contributed by atoms with Crippen molar-refractivity contribution < 1.29 is 21.6 Å². The van der Waals surface area contributed by atoms with E-state index >= 15 is 0 Å². The quantitative estimate of drug-likeness (QED) is 0.871. The number of aryl methyl sites for hydroxylation is 1. The van der Waals surface area contributed by atoms with E-state index in [0.29, 0.717) is 21.2 Å². The molecule has 2 N–H and O–H groups in total. The zero-order chi connectivity index (χ0) is 15.6. The number of sulfonamides is 1. The molecule has 0 unspecified atom stereocenters. The van der Waals surface area contributed by atoms with Gasteiger partial charge in [-0.3, -0.25) is 0 Å². The lowest BCUT2D eigenvalue weighted by molar-refractivity contribution is -0.136. The van der Waals surface area contributed by atoms with Gasteiger partial charge in [-0.1, -0.05) is 6.92 Å². The fourth-order valence-corrected chi connectivity index (χ4v) is 4.82. The van der Waals surface area contributed by atoms with E-state index in [-0.39, 0.29) is 17.3 Å². The number of rotatable bonds is 6. The van der Waals surface area contributed by atoms with Crippen molar-refractivity contribution in [3.63, 3.8) is 0 Å². The van der Waals surface area contributed by atoms with E-state index in [1.807, 2.05) is 0 Å². The van der Waals surface area contributed by atoms with Crippen LogP contribution in [0.2, 0.25) is 0 Å². The molecule has 0 radical (unpaired) electrons. The van der Waals surface area contributed by atoms with E-state index in [0.717, 1.165) is 11.3 Å². The maximum Gasteiger partial charge on any atom is 0.402 e. The lowest BCUT2D eigenvalue weighted by Crippen LogP contribution is -2.39. The van der Waals surface area contributed by atoms with E-state index in [9.17, 15) is 21.6 Å². The molecule has 0 atom stereocenters. The minimum absolute atomic E-state index is 0.0897. The number of nitrogens with zero attached hydrogens (tertiary/aromatic N) is 1. The van der Waals surface area contributed by atoms with Gasteiger partial charge in [-0.25, -0.2) is 8.42 Å². The van der Waals surface area contributed by atoms with Gasteiger partial charge in [0.25, 0.3) is 10.0 Å². The minimum atomic E-state index is -4.56. The van der Waals surface area contributed by atoms with E-state index in [4.69, 9.17) is 5.73 Å². The van der Waals surface area contributed by atoms with Gasteiger partial charge in [0.1, 0.15) is 10.8 Å². The van der Waals surface area contributed by atoms with Gasteiger partial charge in [0.15, 0.2) is 0 Å². The van der Waals surface area contributed by atoms with Crippen molar-refractivity contribution in [3.8, 4) is 0 Å². The molecule has 0 fully saturated rings. The Kier molecular flexibility index (Phi) is 5.59. The SMILES string of the molecule is CCCN(CC(F)(F)F)S(=O)(=O)c1cc(C)c(CN)s1. The minimum Gasteiger partial charge on any atom is -0.326 e. The molecule has 0 spiro atoms. The molecule has 1 rings (SSSR count). The molecular formula is C11H17F3N2O2S2. The molecule has 0 aliphatic heterocycles. The van der Waals surface area contributed by atoms with Gasteiger partial charge in [-0.05, 0) is 25.0 Å². The molecule has 1 heterocycles. The van der Waals surface area contributed by atoms with E-state index < -0.39 is 22.7 Å². The Morgan fingerprint density at radius 3 is 2.40 bits per heavy atom. The third kappa shape index (κ3) is 4.18. The van der Waals surface area contributed by atoms with Crippen molar-refractivity contribution in [1.82, 2.24) is 4.31 Å². The summed E-state index contributed by atoms with van der Waals surface area (Å²) in [7, 11) is -4.13. The molecule has 0 saturated carbocycles. The lowest BCUT2D eigenvalue weighted by Gasteiger charge is -2.21. The molecule has 0 amide bonds. The van der Waals surface area contributed by atoms with Crippen molar-refractivity contribution in [1.29, 1.82) is 0 Å². The van der Waals surface area contributed by atoms with Gasteiger partial charge in [0, 0.05) is 18.0 Å². The van der Waals surface area contributed by atoms with Gasteiger partial charge in [-0.15, -0.1) is 11.3 Å². The van der Waals surface area contributed by atoms with Crippen LogP contribution in [0.3, 0.4) is 0 Å². The fraction of sp³-hybridized carbons (Fsp3) is 0.636. The summed E-state index contributed by atoms with van der Waals surface area (Å²) in [4.78, 5) is 0.659. The zero-order valence-corrected chi connectivity index (χ0v) is 12.8. The Hall–Kier alpha value is -0.640. The average molecular weight is 330 g/mol. The van der Waals surface area contributed by atoms with Crippen LogP contribution in [0.25, 0.3) is 0 Å². The predicted octanol–water partition coefficient (Wildman–Crippen LogP) is 2.48. The summed E-state index contributed by atoms with van der Waals surface area (Å²) in [6, 6.07) is 1.38. The monoisotopic (exact) mass is 330 g/mol. The Morgan fingerprint density at radius 2 is 2.00 bits per heavy atom. The Bertz CT molecular complexity index is 553. The van der Waals surface area contributed by atoms with Gasteiger partial charge in [-0.2, -0.15) is 17.5 Å². The largest absolute Gasteiger partial charge is 0.402 e. The summed E-state index contributed by atoms with van der Waals surface area (Å²) in [6.45, 7) is 1.84. The summed E-state index contributed by atoms with van der Waals surface area (Å²) >= 11 is 0.925. The van der Waals surface area contributed by atoms with Crippen molar-refractivity contribution in [2.45, 2.75) is 37.2 Å². The highest BCUT2D eigenvalue weighted by Gasteiger charge is 2.37. The number of hydrogen-bond acceptors (Lipinski definition) is 4. The second-order valence-electron chi connectivity index (χ2n) is 4.33. The smallest absolute Gasteiger partial charge is 0.326 e. The van der Waals surface area contributed by atoms with Crippen LogP contribution in [0.15, 0.2) is 10.3 Å². The van der Waals surface area contributed by atoms with E-state index in [1.54, 1.807) is 13.8 Å². The molecule has 116 valence electrons. The first-order valence-electron chi connectivity index (χ1n) is 5.98. The van der Waals surface area contributed by atoms with Crippen molar-refractivity contribution in [2.75, 3.05) is 13.1 Å². The van der Waals surface area contributed by atoms with Crippen LogP contribution in [-0.4, -0.2) is 32.0 Å². The lowest BCUT2D eigenvalue weighted by atomic mass is 10.3.